The van der Waals surface area contributed by atoms with Crippen molar-refractivity contribution in [1.29, 1.82) is 0 Å². The molecule has 0 saturated heterocycles. The van der Waals surface area contributed by atoms with Crippen LogP contribution in [0.5, 0.6) is 0 Å². The molecule has 7 nitrogen and oxygen atoms in total. The topological polar surface area (TPSA) is 57.3 Å². The molecule has 18 aromatic rings. The number of thiophene rings is 2. The fraction of sp³-hybridized carbons (Fsp3) is 0. The number of imidazole rings is 2. The third-order valence-electron chi connectivity index (χ3n) is 15.9. The highest BCUT2D eigenvalue weighted by molar-refractivity contribution is 7.26. The molecule has 342 valence electrons. The molecule has 0 fully saturated rings. The van der Waals surface area contributed by atoms with Crippen LogP contribution in [0.15, 0.2) is 213 Å². The van der Waals surface area contributed by atoms with Crippen molar-refractivity contribution >= 4 is 161 Å². The molecular weight excluding hydrogens is 943 g/mol. The summed E-state index contributed by atoms with van der Waals surface area (Å²) in [5.41, 5.74) is 14.1. The van der Waals surface area contributed by atoms with Crippen molar-refractivity contribution in [3.8, 4) is 22.5 Å². The fourth-order valence-corrected chi connectivity index (χ4v) is 15.1. The van der Waals surface area contributed by atoms with Gasteiger partial charge in [-0.1, -0.05) is 84.9 Å². The van der Waals surface area contributed by atoms with Gasteiger partial charge in [0.05, 0.1) is 38.6 Å². The van der Waals surface area contributed by atoms with Gasteiger partial charge in [0.15, 0.2) is 0 Å². The highest BCUT2D eigenvalue weighted by atomic mass is 32.1. The van der Waals surface area contributed by atoms with Crippen molar-refractivity contribution in [2.75, 3.05) is 0 Å². The third kappa shape index (κ3) is 5.01. The summed E-state index contributed by atoms with van der Waals surface area (Å²) >= 11 is 3.73. The van der Waals surface area contributed by atoms with Crippen LogP contribution in [0.25, 0.3) is 161 Å². The van der Waals surface area contributed by atoms with Gasteiger partial charge in [-0.2, -0.15) is 0 Å². The van der Waals surface area contributed by atoms with E-state index < -0.39 is 0 Å². The molecule has 0 aliphatic rings. The van der Waals surface area contributed by atoms with Gasteiger partial charge in [-0.25, -0.2) is 9.97 Å². The normalized spacial score (nSPS) is 12.6. The van der Waals surface area contributed by atoms with Crippen molar-refractivity contribution in [3.05, 3.63) is 213 Å². The van der Waals surface area contributed by atoms with Crippen LogP contribution >= 0.6 is 22.7 Å². The van der Waals surface area contributed by atoms with Crippen LogP contribution in [0.1, 0.15) is 0 Å². The minimum Gasteiger partial charge on any atom is -0.309 e. The highest BCUT2D eigenvalue weighted by Crippen LogP contribution is 2.48. The van der Waals surface area contributed by atoms with Gasteiger partial charge in [0.2, 0.25) is 0 Å². The molecule has 0 atom stereocenters. The number of rotatable bonds is 3. The molecule has 0 radical (unpaired) electrons. The lowest BCUT2D eigenvalue weighted by atomic mass is 9.96. The second-order valence-electron chi connectivity index (χ2n) is 19.6. The summed E-state index contributed by atoms with van der Waals surface area (Å²) < 4.78 is 14.6. The van der Waals surface area contributed by atoms with E-state index >= 15 is 0 Å². The Morgan fingerprint density at radius 2 is 0.919 bits per heavy atom. The zero-order chi connectivity index (χ0) is 47.9. The number of fused-ring (bicyclic) bond motifs is 26. The Bertz CT molecular complexity index is 5510. The Labute approximate surface area is 427 Å². The lowest BCUT2D eigenvalue weighted by Crippen LogP contribution is -1.97. The molecule has 74 heavy (non-hydrogen) atoms. The Morgan fingerprint density at radius 1 is 0.324 bits per heavy atom. The number of nitrogens with zero attached hydrogens (tertiary/aromatic N) is 7. The molecule has 9 heteroatoms. The van der Waals surface area contributed by atoms with E-state index in [-0.39, 0.29) is 0 Å². The summed E-state index contributed by atoms with van der Waals surface area (Å²) in [6.07, 6.45) is 9.92. The monoisotopic (exact) mass is 977 g/mol. The third-order valence-corrected chi connectivity index (χ3v) is 18.2. The number of aromatic nitrogens is 7. The van der Waals surface area contributed by atoms with Crippen LogP contribution in [0.4, 0.5) is 0 Å². The number of hydrogen-bond donors (Lipinski definition) is 0. The van der Waals surface area contributed by atoms with Gasteiger partial charge in [-0.05, 0) is 108 Å². The maximum atomic E-state index is 5.15. The summed E-state index contributed by atoms with van der Waals surface area (Å²) in [7, 11) is 0. The van der Waals surface area contributed by atoms with Gasteiger partial charge < -0.3 is 9.13 Å². The summed E-state index contributed by atoms with van der Waals surface area (Å²) in [6, 6.07) is 67.4. The first-order valence-corrected chi connectivity index (χ1v) is 26.5. The largest absolute Gasteiger partial charge is 0.309 e. The molecule has 0 aliphatic carbocycles. The Kier molecular flexibility index (Phi) is 7.51. The van der Waals surface area contributed by atoms with E-state index in [1.807, 2.05) is 53.5 Å². The van der Waals surface area contributed by atoms with E-state index in [4.69, 9.17) is 15.0 Å². The molecule has 0 N–H and O–H groups in total. The van der Waals surface area contributed by atoms with Gasteiger partial charge in [0.1, 0.15) is 11.3 Å². The standard InChI is InChI=1S/C65H35N7S2/c1-2-12-37(13-3-1)71-49-22-24-56-60(41-15-4-6-20-54(41)73-56)58(49)47-32-43-40-18-9-17-39(63(40)70-30-28-68-65(70)45(43)34-52(47)71)36-11-8-14-38(31-36)72-50-23-25-57-61(42-16-5-7-21-55(42)74-57)59(50)48-33-44-46(35-53(48)72)64-67-27-29-69(64)51-19-10-26-66-62(44)51/h1-35H. The zero-order valence-electron chi connectivity index (χ0n) is 39.2. The lowest BCUT2D eigenvalue weighted by Gasteiger charge is -2.15. The highest BCUT2D eigenvalue weighted by Gasteiger charge is 2.24. The van der Waals surface area contributed by atoms with Crippen molar-refractivity contribution < 1.29 is 0 Å². The molecule has 0 spiro atoms. The van der Waals surface area contributed by atoms with Crippen LogP contribution in [0.2, 0.25) is 0 Å². The molecule has 0 aliphatic heterocycles. The fourth-order valence-electron chi connectivity index (χ4n) is 12.9. The molecule has 0 saturated carbocycles. The molecule has 0 unspecified atom stereocenters. The summed E-state index contributed by atoms with van der Waals surface area (Å²) in [6.45, 7) is 0. The molecule has 0 bridgehead atoms. The molecule has 0 amide bonds. The van der Waals surface area contributed by atoms with E-state index in [1.54, 1.807) is 0 Å². The van der Waals surface area contributed by atoms with Gasteiger partial charge >= 0.3 is 0 Å². The summed E-state index contributed by atoms with van der Waals surface area (Å²) in [5, 5.41) is 15.8. The Balaban J connectivity index is 0.927. The average Bonchev–Trinajstić information content (AvgIpc) is 4.37. The van der Waals surface area contributed by atoms with Crippen LogP contribution in [-0.2, 0) is 0 Å². The van der Waals surface area contributed by atoms with E-state index in [1.165, 1.54) is 83.7 Å². The lowest BCUT2D eigenvalue weighted by molar-refractivity contribution is 1.18. The Hall–Kier alpha value is -9.41. The van der Waals surface area contributed by atoms with Crippen molar-refractivity contribution in [1.82, 2.24) is 32.9 Å². The van der Waals surface area contributed by atoms with E-state index in [0.29, 0.717) is 0 Å². The predicted molar refractivity (Wildman–Crippen MR) is 312 cm³/mol. The van der Waals surface area contributed by atoms with Crippen LogP contribution in [-0.4, -0.2) is 32.9 Å². The quantitative estimate of drug-likeness (QED) is 0.166. The van der Waals surface area contributed by atoms with E-state index in [2.05, 4.69) is 200 Å². The molecular formula is C65H35N7S2. The van der Waals surface area contributed by atoms with Crippen LogP contribution < -0.4 is 0 Å². The average molecular weight is 978 g/mol. The SMILES string of the molecule is c1ccc(-n2c3cc4c(cc3c3c5c(ccc32)sc2ccccc25)c2cccc(-c3cccc(-n5c6cc7c(cc6c6c8c(ccc65)sc5ccccc58)c5ncccc5n5ccnc75)c3)c2n2ccnc42)cc1. The van der Waals surface area contributed by atoms with Crippen LogP contribution in [0.3, 0.4) is 0 Å². The smallest absolute Gasteiger partial charge is 0.145 e. The number of hydrogen-bond acceptors (Lipinski definition) is 5. The van der Waals surface area contributed by atoms with Gasteiger partial charge in [-0.3, -0.25) is 13.8 Å². The number of pyridine rings is 3. The molecule has 9 heterocycles. The van der Waals surface area contributed by atoms with Crippen molar-refractivity contribution in [2.45, 2.75) is 0 Å². The number of benzene rings is 9. The first-order chi connectivity index (χ1) is 36.7. The minimum atomic E-state index is 0.918. The predicted octanol–water partition coefficient (Wildman–Crippen LogP) is 17.6. The second-order valence-corrected chi connectivity index (χ2v) is 21.7. The molecule has 9 aromatic heterocycles. The van der Waals surface area contributed by atoms with Gasteiger partial charge in [0.25, 0.3) is 0 Å². The van der Waals surface area contributed by atoms with E-state index in [9.17, 15) is 0 Å². The maximum absolute atomic E-state index is 5.15. The molecule has 18 rings (SSSR count). The van der Waals surface area contributed by atoms with Crippen LogP contribution in [0, 0.1) is 0 Å². The van der Waals surface area contributed by atoms with Crippen molar-refractivity contribution in [2.24, 2.45) is 0 Å². The maximum Gasteiger partial charge on any atom is 0.145 e. The zero-order valence-corrected chi connectivity index (χ0v) is 40.8. The van der Waals surface area contributed by atoms with Gasteiger partial charge in [-0.15, -0.1) is 22.7 Å². The number of para-hydroxylation sites is 2. The van der Waals surface area contributed by atoms with Gasteiger partial charge in [0, 0.05) is 131 Å². The van der Waals surface area contributed by atoms with Crippen molar-refractivity contribution in [3.63, 3.8) is 0 Å². The summed E-state index contributed by atoms with van der Waals surface area (Å²) in [4.78, 5) is 15.1. The van der Waals surface area contributed by atoms with E-state index in [0.717, 1.165) is 77.5 Å². The summed E-state index contributed by atoms with van der Waals surface area (Å²) in [5.74, 6) is 0. The second kappa shape index (κ2) is 14.2. The molecule has 9 aromatic carbocycles. The minimum absolute atomic E-state index is 0.918. The first-order valence-electron chi connectivity index (χ1n) is 24.9. The first kappa shape index (κ1) is 39.2. The Morgan fingerprint density at radius 3 is 1.65 bits per heavy atom.